The van der Waals surface area contributed by atoms with Crippen molar-refractivity contribution >= 4 is 32.9 Å². The van der Waals surface area contributed by atoms with Gasteiger partial charge in [-0.3, -0.25) is 0 Å². The lowest BCUT2D eigenvalue weighted by Gasteiger charge is -2.38. The number of piperazine rings is 1. The molecule has 2 fully saturated rings. The maximum Gasteiger partial charge on any atom is 0.227 e. The van der Waals surface area contributed by atoms with Crippen LogP contribution in [0.5, 0.6) is 0 Å². The lowest BCUT2D eigenvalue weighted by atomic mass is 10.1. The summed E-state index contributed by atoms with van der Waals surface area (Å²) in [7, 11) is -1.02. The number of hydrogen-bond donors (Lipinski definition) is 1. The number of aromatic nitrogens is 2. The summed E-state index contributed by atoms with van der Waals surface area (Å²) in [5.74, 6) is 1.86. The van der Waals surface area contributed by atoms with Gasteiger partial charge in [-0.25, -0.2) is 13.4 Å². The number of fused-ring (bicyclic) bond motifs is 1. The summed E-state index contributed by atoms with van der Waals surface area (Å²) in [6.07, 6.45) is 1.75. The second-order valence-corrected chi connectivity index (χ2v) is 9.73. The van der Waals surface area contributed by atoms with Crippen LogP contribution in [0.1, 0.15) is 4.88 Å². The van der Waals surface area contributed by atoms with Gasteiger partial charge in [0.15, 0.2) is 9.84 Å². The second kappa shape index (κ2) is 6.54. The number of rotatable bonds is 4. The average Bonchev–Trinajstić information content (AvgIpc) is 3.20. The molecule has 0 saturated carbocycles. The molecule has 2 aromatic heterocycles. The van der Waals surface area contributed by atoms with E-state index in [0.29, 0.717) is 5.95 Å². The molecule has 0 amide bonds. The fourth-order valence-electron chi connectivity index (χ4n) is 3.54. The van der Waals surface area contributed by atoms with Crippen LogP contribution < -0.4 is 15.1 Å². The van der Waals surface area contributed by atoms with Crippen molar-refractivity contribution in [3.8, 4) is 0 Å². The molecule has 1 N–H and O–H groups in total. The fourth-order valence-corrected chi connectivity index (χ4v) is 6.25. The van der Waals surface area contributed by atoms with Crippen molar-refractivity contribution in [1.29, 1.82) is 0 Å². The van der Waals surface area contributed by atoms with E-state index in [9.17, 15) is 8.42 Å². The van der Waals surface area contributed by atoms with Gasteiger partial charge < -0.3 is 15.1 Å². The highest BCUT2D eigenvalue weighted by Crippen LogP contribution is 2.26. The van der Waals surface area contributed by atoms with E-state index < -0.39 is 9.84 Å². The van der Waals surface area contributed by atoms with Gasteiger partial charge in [0.05, 0.1) is 24.1 Å². The van der Waals surface area contributed by atoms with E-state index in [4.69, 9.17) is 4.98 Å². The van der Waals surface area contributed by atoms with Crippen molar-refractivity contribution in [2.24, 2.45) is 0 Å². The molecule has 0 spiro atoms. The normalized spacial score (nSPS) is 24.9. The molecule has 2 atom stereocenters. The summed E-state index contributed by atoms with van der Waals surface area (Å²) >= 11 is 1.71. The second-order valence-electron chi connectivity index (χ2n) is 6.55. The summed E-state index contributed by atoms with van der Waals surface area (Å²) in [5.41, 5.74) is 0. The Labute approximate surface area is 151 Å². The van der Waals surface area contributed by atoms with Gasteiger partial charge in [-0.15, -0.1) is 11.3 Å². The minimum Gasteiger partial charge on any atom is -0.350 e. The van der Waals surface area contributed by atoms with Gasteiger partial charge in [-0.1, -0.05) is 6.07 Å². The van der Waals surface area contributed by atoms with Gasteiger partial charge in [0, 0.05) is 37.3 Å². The smallest absolute Gasteiger partial charge is 0.227 e. The molecule has 0 radical (unpaired) electrons. The minimum atomic E-state index is -2.99. The van der Waals surface area contributed by atoms with Gasteiger partial charge in [-0.2, -0.15) is 4.98 Å². The Kier molecular flexibility index (Phi) is 4.38. The highest BCUT2D eigenvalue weighted by Gasteiger charge is 2.43. The van der Waals surface area contributed by atoms with Crippen LogP contribution in [0.15, 0.2) is 29.8 Å². The van der Waals surface area contributed by atoms with Crippen LogP contribution in [0.2, 0.25) is 0 Å². The van der Waals surface area contributed by atoms with E-state index in [1.165, 1.54) is 4.88 Å². The first-order chi connectivity index (χ1) is 12.0. The standard InChI is InChI=1S/C16H21N5O2S2/c1-20(9-12-3-2-8-24-12)16-18-5-4-15(19-16)21-7-6-17-13-10-25(22,23)11-14(13)21/h2-5,8,13-14,17H,6-7,9-11H2,1H3/t13-,14+/m1/s1. The van der Waals surface area contributed by atoms with Gasteiger partial charge >= 0.3 is 0 Å². The topological polar surface area (TPSA) is 78.4 Å². The molecule has 4 rings (SSSR count). The monoisotopic (exact) mass is 379 g/mol. The van der Waals surface area contributed by atoms with Crippen LogP contribution in [0, 0.1) is 0 Å². The van der Waals surface area contributed by atoms with Crippen molar-refractivity contribution in [3.05, 3.63) is 34.7 Å². The van der Waals surface area contributed by atoms with E-state index in [-0.39, 0.29) is 23.6 Å². The molecule has 2 aliphatic heterocycles. The molecule has 9 heteroatoms. The Morgan fingerprint density at radius 2 is 2.28 bits per heavy atom. The van der Waals surface area contributed by atoms with Crippen LogP contribution in [0.25, 0.3) is 0 Å². The van der Waals surface area contributed by atoms with Crippen molar-refractivity contribution in [3.63, 3.8) is 0 Å². The molecule has 2 aliphatic rings. The Morgan fingerprint density at radius 1 is 1.40 bits per heavy atom. The average molecular weight is 380 g/mol. The predicted octanol–water partition coefficient (Wildman–Crippen LogP) is 0.750. The number of sulfone groups is 1. The zero-order chi connectivity index (χ0) is 17.4. The number of thiophene rings is 1. The Hall–Kier alpha value is -1.71. The molecule has 0 aromatic carbocycles. The molecule has 25 heavy (non-hydrogen) atoms. The Balaban J connectivity index is 1.56. The minimum absolute atomic E-state index is 0.0130. The Morgan fingerprint density at radius 3 is 3.08 bits per heavy atom. The maximum atomic E-state index is 12.0. The third-order valence-electron chi connectivity index (χ3n) is 4.72. The van der Waals surface area contributed by atoms with E-state index >= 15 is 0 Å². The summed E-state index contributed by atoms with van der Waals surface area (Å²) in [4.78, 5) is 14.5. The Bertz CT molecular complexity index is 840. The molecule has 0 aliphatic carbocycles. The van der Waals surface area contributed by atoms with Crippen molar-refractivity contribution in [1.82, 2.24) is 15.3 Å². The van der Waals surface area contributed by atoms with Crippen LogP contribution in [0.4, 0.5) is 11.8 Å². The number of anilines is 2. The third kappa shape index (κ3) is 3.49. The third-order valence-corrected chi connectivity index (χ3v) is 7.30. The molecule has 0 unspecified atom stereocenters. The van der Waals surface area contributed by atoms with Crippen molar-refractivity contribution in [2.45, 2.75) is 18.6 Å². The molecule has 4 heterocycles. The highest BCUT2D eigenvalue weighted by atomic mass is 32.2. The predicted molar refractivity (Wildman–Crippen MR) is 100 cm³/mol. The lowest BCUT2D eigenvalue weighted by molar-refractivity contribution is 0.422. The van der Waals surface area contributed by atoms with Crippen LogP contribution in [-0.2, 0) is 16.4 Å². The van der Waals surface area contributed by atoms with Gasteiger partial charge in [0.1, 0.15) is 5.82 Å². The van der Waals surface area contributed by atoms with Crippen LogP contribution in [-0.4, -0.2) is 62.1 Å². The van der Waals surface area contributed by atoms with Gasteiger partial charge in [0.2, 0.25) is 5.95 Å². The fraction of sp³-hybridized carbons (Fsp3) is 0.500. The molecule has 0 bridgehead atoms. The SMILES string of the molecule is CN(Cc1cccs1)c1nccc(N2CCN[C@@H]3CS(=O)(=O)C[C@@H]32)n1. The highest BCUT2D eigenvalue weighted by molar-refractivity contribution is 7.91. The zero-order valence-electron chi connectivity index (χ0n) is 14.0. The van der Waals surface area contributed by atoms with E-state index in [1.807, 2.05) is 24.1 Å². The van der Waals surface area contributed by atoms with E-state index in [0.717, 1.165) is 25.5 Å². The van der Waals surface area contributed by atoms with Crippen molar-refractivity contribution in [2.75, 3.05) is 41.4 Å². The summed E-state index contributed by atoms with van der Waals surface area (Å²) in [6.45, 7) is 2.27. The van der Waals surface area contributed by atoms with E-state index in [2.05, 4.69) is 26.6 Å². The maximum absolute atomic E-state index is 12.0. The van der Waals surface area contributed by atoms with Gasteiger partial charge in [0.25, 0.3) is 0 Å². The largest absolute Gasteiger partial charge is 0.350 e. The zero-order valence-corrected chi connectivity index (χ0v) is 15.6. The van der Waals surface area contributed by atoms with Crippen LogP contribution in [0.3, 0.4) is 0 Å². The van der Waals surface area contributed by atoms with E-state index in [1.54, 1.807) is 17.5 Å². The summed E-state index contributed by atoms with van der Waals surface area (Å²) in [6, 6.07) is 5.93. The first kappa shape index (κ1) is 16.7. The van der Waals surface area contributed by atoms with Crippen molar-refractivity contribution < 1.29 is 8.42 Å². The molecular weight excluding hydrogens is 358 g/mol. The summed E-state index contributed by atoms with van der Waals surface area (Å²) in [5, 5.41) is 5.39. The molecule has 2 saturated heterocycles. The molecular formula is C16H21N5O2S2. The molecule has 2 aromatic rings. The van der Waals surface area contributed by atoms with Gasteiger partial charge in [-0.05, 0) is 17.5 Å². The first-order valence-electron chi connectivity index (χ1n) is 8.29. The lowest BCUT2D eigenvalue weighted by Crippen LogP contribution is -2.57. The first-order valence-corrected chi connectivity index (χ1v) is 11.0. The quantitative estimate of drug-likeness (QED) is 0.840. The molecule has 134 valence electrons. The number of hydrogen-bond acceptors (Lipinski definition) is 8. The number of nitrogens with zero attached hydrogens (tertiary/aromatic N) is 4. The summed E-state index contributed by atoms with van der Waals surface area (Å²) < 4.78 is 24.0. The van der Waals surface area contributed by atoms with Crippen LogP contribution >= 0.6 is 11.3 Å². The number of nitrogens with one attached hydrogen (secondary N) is 1. The molecule has 7 nitrogen and oxygen atoms in total.